The third-order valence-electron chi connectivity index (χ3n) is 2.89. The zero-order chi connectivity index (χ0) is 16.7. The van der Waals surface area contributed by atoms with Gasteiger partial charge < -0.3 is 23.0 Å². The average Bonchev–Trinajstić information content (AvgIpc) is 2.49. The second-order valence-corrected chi connectivity index (χ2v) is 7.88. The minimum absolute atomic E-state index is 0.0385. The SMILES string of the molecule is CCCCCC(C)OP(=S)(OCCOCC)OCCOCC. The first kappa shape index (κ1) is 22.4. The summed E-state index contributed by atoms with van der Waals surface area (Å²) in [5.74, 6) is 0. The summed E-state index contributed by atoms with van der Waals surface area (Å²) in [4.78, 5) is 0. The summed E-state index contributed by atoms with van der Waals surface area (Å²) in [6.45, 7) is 8.46. The van der Waals surface area contributed by atoms with Gasteiger partial charge in [-0.25, -0.2) is 0 Å². The van der Waals surface area contributed by atoms with E-state index in [0.29, 0.717) is 39.6 Å². The molecule has 1 atom stereocenters. The Morgan fingerprint density at radius 1 is 0.864 bits per heavy atom. The van der Waals surface area contributed by atoms with Gasteiger partial charge in [0.2, 0.25) is 0 Å². The standard InChI is InChI=1S/C15H33O5PS/c1-5-8-9-10-15(4)20-21(22,18-13-11-16-6-2)19-14-12-17-7-3/h15H,5-14H2,1-4H3. The maximum atomic E-state index is 5.92. The van der Waals surface area contributed by atoms with Gasteiger partial charge in [-0.2, -0.15) is 0 Å². The fourth-order valence-electron chi connectivity index (χ4n) is 1.76. The molecular formula is C15H33O5PS. The van der Waals surface area contributed by atoms with Crippen LogP contribution in [0.2, 0.25) is 0 Å². The number of rotatable bonds is 16. The highest BCUT2D eigenvalue weighted by Crippen LogP contribution is 2.51. The van der Waals surface area contributed by atoms with Gasteiger partial charge in [0.15, 0.2) is 0 Å². The highest BCUT2D eigenvalue weighted by atomic mass is 32.5. The second-order valence-electron chi connectivity index (χ2n) is 4.92. The van der Waals surface area contributed by atoms with Gasteiger partial charge in [-0.3, -0.25) is 0 Å². The predicted octanol–water partition coefficient (Wildman–Crippen LogP) is 4.30. The van der Waals surface area contributed by atoms with Crippen LogP contribution in [0.4, 0.5) is 0 Å². The predicted molar refractivity (Wildman–Crippen MR) is 93.9 cm³/mol. The van der Waals surface area contributed by atoms with Crippen LogP contribution in [0.5, 0.6) is 0 Å². The van der Waals surface area contributed by atoms with Crippen LogP contribution in [0, 0.1) is 0 Å². The molecule has 0 aliphatic rings. The maximum absolute atomic E-state index is 5.92. The molecular weight excluding hydrogens is 323 g/mol. The molecule has 0 heterocycles. The van der Waals surface area contributed by atoms with Gasteiger partial charge in [-0.15, -0.1) is 0 Å². The highest BCUT2D eigenvalue weighted by Gasteiger charge is 2.23. The van der Waals surface area contributed by atoms with E-state index in [9.17, 15) is 0 Å². The molecule has 5 nitrogen and oxygen atoms in total. The summed E-state index contributed by atoms with van der Waals surface area (Å²) in [7, 11) is 0. The minimum Gasteiger partial charge on any atom is -0.379 e. The van der Waals surface area contributed by atoms with Gasteiger partial charge in [-0.1, -0.05) is 26.2 Å². The zero-order valence-electron chi connectivity index (χ0n) is 14.5. The molecule has 0 radical (unpaired) electrons. The molecule has 0 saturated heterocycles. The van der Waals surface area contributed by atoms with Crippen LogP contribution >= 0.6 is 6.72 Å². The van der Waals surface area contributed by atoms with Gasteiger partial charge in [-0.05, 0) is 39.0 Å². The Bertz CT molecular complexity index is 275. The lowest BCUT2D eigenvalue weighted by atomic mass is 10.1. The number of unbranched alkanes of at least 4 members (excludes halogenated alkanes) is 2. The van der Waals surface area contributed by atoms with Crippen LogP contribution in [-0.4, -0.2) is 45.7 Å². The minimum atomic E-state index is -2.73. The molecule has 0 fully saturated rings. The molecule has 22 heavy (non-hydrogen) atoms. The molecule has 0 aromatic carbocycles. The quantitative estimate of drug-likeness (QED) is 0.303. The molecule has 0 bridgehead atoms. The van der Waals surface area contributed by atoms with Gasteiger partial charge in [0.1, 0.15) is 0 Å². The van der Waals surface area contributed by atoms with Gasteiger partial charge >= 0.3 is 6.72 Å². The topological polar surface area (TPSA) is 46.2 Å². The molecule has 0 amide bonds. The first-order valence-corrected chi connectivity index (χ1v) is 10.9. The highest BCUT2D eigenvalue weighted by molar-refractivity contribution is 8.07. The van der Waals surface area contributed by atoms with E-state index in [4.69, 9.17) is 34.9 Å². The summed E-state index contributed by atoms with van der Waals surface area (Å²) in [5, 5.41) is 0. The molecule has 0 aromatic heterocycles. The lowest BCUT2D eigenvalue weighted by Crippen LogP contribution is -2.13. The van der Waals surface area contributed by atoms with Crippen LogP contribution in [0.15, 0.2) is 0 Å². The van der Waals surface area contributed by atoms with E-state index < -0.39 is 6.72 Å². The van der Waals surface area contributed by atoms with E-state index in [0.717, 1.165) is 12.8 Å². The van der Waals surface area contributed by atoms with Crippen molar-refractivity contribution in [2.24, 2.45) is 0 Å². The van der Waals surface area contributed by atoms with Crippen molar-refractivity contribution in [1.29, 1.82) is 0 Å². The lowest BCUT2D eigenvalue weighted by molar-refractivity contribution is 0.0591. The molecule has 134 valence electrons. The third kappa shape index (κ3) is 12.9. The Morgan fingerprint density at radius 2 is 1.41 bits per heavy atom. The van der Waals surface area contributed by atoms with Crippen molar-refractivity contribution in [2.75, 3.05) is 39.6 Å². The normalized spacial score (nSPS) is 13.5. The molecule has 0 aliphatic carbocycles. The smallest absolute Gasteiger partial charge is 0.327 e. The Morgan fingerprint density at radius 3 is 1.86 bits per heavy atom. The Balaban J connectivity index is 4.26. The van der Waals surface area contributed by atoms with Crippen molar-refractivity contribution in [2.45, 2.75) is 59.5 Å². The molecule has 7 heteroatoms. The zero-order valence-corrected chi connectivity index (χ0v) is 16.3. The van der Waals surface area contributed by atoms with Crippen molar-refractivity contribution >= 4 is 18.5 Å². The largest absolute Gasteiger partial charge is 0.379 e. The van der Waals surface area contributed by atoms with E-state index in [1.807, 2.05) is 20.8 Å². The summed E-state index contributed by atoms with van der Waals surface area (Å²) in [6, 6.07) is 0. The molecule has 0 N–H and O–H groups in total. The van der Waals surface area contributed by atoms with Gasteiger partial charge in [0.25, 0.3) is 0 Å². The Kier molecular flexibility index (Phi) is 15.3. The van der Waals surface area contributed by atoms with Gasteiger partial charge in [0, 0.05) is 13.2 Å². The number of hydrogen-bond donors (Lipinski definition) is 0. The van der Waals surface area contributed by atoms with Crippen LogP contribution in [0.1, 0.15) is 53.4 Å². The van der Waals surface area contributed by atoms with Crippen molar-refractivity contribution in [1.82, 2.24) is 0 Å². The van der Waals surface area contributed by atoms with E-state index in [-0.39, 0.29) is 6.10 Å². The molecule has 1 unspecified atom stereocenters. The summed E-state index contributed by atoms with van der Waals surface area (Å²) in [5.41, 5.74) is 0. The van der Waals surface area contributed by atoms with E-state index in [2.05, 4.69) is 6.92 Å². The number of hydrogen-bond acceptors (Lipinski definition) is 6. The average molecular weight is 356 g/mol. The number of ether oxygens (including phenoxy) is 2. The maximum Gasteiger partial charge on any atom is 0.327 e. The second kappa shape index (κ2) is 15.0. The van der Waals surface area contributed by atoms with Crippen LogP contribution in [0.25, 0.3) is 0 Å². The molecule has 0 spiro atoms. The third-order valence-corrected chi connectivity index (χ3v) is 5.39. The fourth-order valence-corrected chi connectivity index (χ4v) is 3.98. The van der Waals surface area contributed by atoms with Crippen LogP contribution in [0.3, 0.4) is 0 Å². The molecule has 0 rings (SSSR count). The van der Waals surface area contributed by atoms with Crippen LogP contribution < -0.4 is 0 Å². The molecule has 0 aromatic rings. The molecule has 0 aliphatic heterocycles. The monoisotopic (exact) mass is 356 g/mol. The first-order valence-electron chi connectivity index (χ1n) is 8.30. The van der Waals surface area contributed by atoms with Crippen molar-refractivity contribution in [3.63, 3.8) is 0 Å². The molecule has 0 saturated carbocycles. The fraction of sp³-hybridized carbons (Fsp3) is 1.00. The Labute approximate surface area is 141 Å². The summed E-state index contributed by atoms with van der Waals surface area (Å²) in [6.07, 6.45) is 4.53. The van der Waals surface area contributed by atoms with Crippen molar-refractivity contribution < 1.29 is 23.0 Å². The van der Waals surface area contributed by atoms with E-state index in [1.54, 1.807) is 0 Å². The van der Waals surface area contributed by atoms with Crippen LogP contribution in [-0.2, 0) is 34.9 Å². The first-order chi connectivity index (χ1) is 10.6. The van der Waals surface area contributed by atoms with Crippen molar-refractivity contribution in [3.8, 4) is 0 Å². The van der Waals surface area contributed by atoms with E-state index in [1.165, 1.54) is 12.8 Å². The lowest BCUT2D eigenvalue weighted by Gasteiger charge is -2.25. The van der Waals surface area contributed by atoms with Gasteiger partial charge in [0.05, 0.1) is 32.5 Å². The Hall–Kier alpha value is 0.450. The summed E-state index contributed by atoms with van der Waals surface area (Å²) < 4.78 is 27.8. The van der Waals surface area contributed by atoms with Crippen molar-refractivity contribution in [3.05, 3.63) is 0 Å². The summed E-state index contributed by atoms with van der Waals surface area (Å²) >= 11 is 5.49. The van der Waals surface area contributed by atoms with E-state index >= 15 is 0 Å².